The second-order valence-corrected chi connectivity index (χ2v) is 6.26. The standard InChI is InChI=1S/C13H21NO2S/c1-5-9(8-15)14-12(16)10-6-7-11(17-10)13(2,3)4/h6-7,9,15H,5,8H2,1-4H3,(H,14,16). The van der Waals surface area contributed by atoms with E-state index in [4.69, 9.17) is 5.11 Å². The molecule has 1 amide bonds. The Labute approximate surface area is 107 Å². The lowest BCUT2D eigenvalue weighted by molar-refractivity contribution is 0.0919. The molecule has 0 fully saturated rings. The van der Waals surface area contributed by atoms with Crippen LogP contribution >= 0.6 is 11.3 Å². The predicted molar refractivity (Wildman–Crippen MR) is 71.7 cm³/mol. The van der Waals surface area contributed by atoms with Crippen LogP contribution < -0.4 is 5.32 Å². The Morgan fingerprint density at radius 2 is 2.12 bits per heavy atom. The van der Waals surface area contributed by atoms with Crippen molar-refractivity contribution in [2.45, 2.75) is 45.6 Å². The summed E-state index contributed by atoms with van der Waals surface area (Å²) >= 11 is 1.52. The third-order valence-corrected chi connectivity index (χ3v) is 4.13. The van der Waals surface area contributed by atoms with Crippen molar-refractivity contribution in [3.8, 4) is 0 Å². The van der Waals surface area contributed by atoms with E-state index in [9.17, 15) is 4.79 Å². The molecule has 2 N–H and O–H groups in total. The van der Waals surface area contributed by atoms with Crippen molar-refractivity contribution in [2.24, 2.45) is 0 Å². The van der Waals surface area contributed by atoms with Gasteiger partial charge in [0.05, 0.1) is 17.5 Å². The van der Waals surface area contributed by atoms with Gasteiger partial charge in [0, 0.05) is 4.88 Å². The molecular formula is C13H21NO2S. The first-order valence-corrected chi connectivity index (χ1v) is 6.72. The number of thiophene rings is 1. The van der Waals surface area contributed by atoms with Gasteiger partial charge in [-0.05, 0) is 24.0 Å². The average molecular weight is 255 g/mol. The Bertz CT molecular complexity index is 375. The fourth-order valence-corrected chi connectivity index (χ4v) is 2.36. The molecule has 1 unspecified atom stereocenters. The maximum atomic E-state index is 11.9. The summed E-state index contributed by atoms with van der Waals surface area (Å²) < 4.78 is 0. The van der Waals surface area contributed by atoms with Crippen LogP contribution in [0.1, 0.15) is 48.7 Å². The monoisotopic (exact) mass is 255 g/mol. The molecule has 4 heteroatoms. The number of aliphatic hydroxyl groups excluding tert-OH is 1. The molecular weight excluding hydrogens is 234 g/mol. The fraction of sp³-hybridized carbons (Fsp3) is 0.615. The van der Waals surface area contributed by atoms with E-state index in [2.05, 4.69) is 26.1 Å². The molecule has 0 radical (unpaired) electrons. The molecule has 0 aliphatic rings. The van der Waals surface area contributed by atoms with Gasteiger partial charge in [0.25, 0.3) is 5.91 Å². The van der Waals surface area contributed by atoms with Gasteiger partial charge in [-0.15, -0.1) is 11.3 Å². The first-order chi connectivity index (χ1) is 7.88. The molecule has 1 atom stereocenters. The molecule has 3 nitrogen and oxygen atoms in total. The van der Waals surface area contributed by atoms with Gasteiger partial charge in [0.1, 0.15) is 0 Å². The zero-order chi connectivity index (χ0) is 13.1. The maximum Gasteiger partial charge on any atom is 0.261 e. The van der Waals surface area contributed by atoms with Crippen LogP contribution in [-0.4, -0.2) is 23.7 Å². The number of carbonyl (C=O) groups excluding carboxylic acids is 1. The summed E-state index contributed by atoms with van der Waals surface area (Å²) in [4.78, 5) is 13.8. The highest BCUT2D eigenvalue weighted by Gasteiger charge is 2.19. The van der Waals surface area contributed by atoms with Gasteiger partial charge in [0.15, 0.2) is 0 Å². The Morgan fingerprint density at radius 3 is 2.53 bits per heavy atom. The lowest BCUT2D eigenvalue weighted by Crippen LogP contribution is -2.36. The molecule has 0 aliphatic carbocycles. The number of aliphatic hydroxyl groups is 1. The van der Waals surface area contributed by atoms with Crippen molar-refractivity contribution in [1.82, 2.24) is 5.32 Å². The van der Waals surface area contributed by atoms with E-state index >= 15 is 0 Å². The molecule has 0 bridgehead atoms. The predicted octanol–water partition coefficient (Wildman–Crippen LogP) is 2.55. The van der Waals surface area contributed by atoms with Gasteiger partial charge >= 0.3 is 0 Å². The third-order valence-electron chi connectivity index (χ3n) is 2.62. The van der Waals surface area contributed by atoms with Gasteiger partial charge in [-0.1, -0.05) is 27.7 Å². The van der Waals surface area contributed by atoms with Crippen LogP contribution in [0.3, 0.4) is 0 Å². The van der Waals surface area contributed by atoms with E-state index in [0.29, 0.717) is 4.88 Å². The van der Waals surface area contributed by atoms with Crippen LogP contribution in [0, 0.1) is 0 Å². The Balaban J connectivity index is 2.74. The minimum Gasteiger partial charge on any atom is -0.394 e. The minimum absolute atomic E-state index is 0.0141. The van der Waals surface area contributed by atoms with Gasteiger partial charge in [-0.2, -0.15) is 0 Å². The molecule has 0 spiro atoms. The van der Waals surface area contributed by atoms with Crippen molar-refractivity contribution in [3.63, 3.8) is 0 Å². The van der Waals surface area contributed by atoms with E-state index in [1.807, 2.05) is 19.1 Å². The van der Waals surface area contributed by atoms with Gasteiger partial charge in [0.2, 0.25) is 0 Å². The molecule has 1 aromatic rings. The van der Waals surface area contributed by atoms with Gasteiger partial charge < -0.3 is 10.4 Å². The molecule has 17 heavy (non-hydrogen) atoms. The normalized spacial score (nSPS) is 13.5. The number of carbonyl (C=O) groups is 1. The average Bonchev–Trinajstić information content (AvgIpc) is 2.74. The second-order valence-electron chi connectivity index (χ2n) is 5.18. The van der Waals surface area contributed by atoms with Crippen LogP contribution in [-0.2, 0) is 5.41 Å². The lowest BCUT2D eigenvalue weighted by Gasteiger charge is -2.15. The topological polar surface area (TPSA) is 49.3 Å². The largest absolute Gasteiger partial charge is 0.394 e. The van der Waals surface area contributed by atoms with Crippen LogP contribution in [0.15, 0.2) is 12.1 Å². The van der Waals surface area contributed by atoms with Crippen LogP contribution in [0.4, 0.5) is 0 Å². The Hall–Kier alpha value is -0.870. The summed E-state index contributed by atoms with van der Waals surface area (Å²) in [7, 11) is 0. The van der Waals surface area contributed by atoms with Crippen molar-refractivity contribution in [1.29, 1.82) is 0 Å². The van der Waals surface area contributed by atoms with E-state index in [1.54, 1.807) is 0 Å². The van der Waals surface area contributed by atoms with Crippen molar-refractivity contribution >= 4 is 17.2 Å². The van der Waals surface area contributed by atoms with E-state index in [-0.39, 0.29) is 24.0 Å². The summed E-state index contributed by atoms with van der Waals surface area (Å²) in [5, 5.41) is 11.9. The number of nitrogens with one attached hydrogen (secondary N) is 1. The van der Waals surface area contributed by atoms with E-state index in [0.717, 1.165) is 6.42 Å². The Morgan fingerprint density at radius 1 is 1.47 bits per heavy atom. The SMILES string of the molecule is CCC(CO)NC(=O)c1ccc(C(C)(C)C)s1. The number of amides is 1. The van der Waals surface area contributed by atoms with Crippen molar-refractivity contribution in [3.05, 3.63) is 21.9 Å². The van der Waals surface area contributed by atoms with Crippen molar-refractivity contribution in [2.75, 3.05) is 6.61 Å². The first kappa shape index (κ1) is 14.2. The summed E-state index contributed by atoms with van der Waals surface area (Å²) in [5.41, 5.74) is 0.0737. The molecule has 1 aromatic heterocycles. The third kappa shape index (κ3) is 3.82. The quantitative estimate of drug-likeness (QED) is 0.868. The van der Waals surface area contributed by atoms with Crippen LogP contribution in [0.25, 0.3) is 0 Å². The molecule has 1 heterocycles. The maximum absolute atomic E-state index is 11.9. The fourth-order valence-electron chi connectivity index (χ4n) is 1.40. The minimum atomic E-state index is -0.150. The highest BCUT2D eigenvalue weighted by Crippen LogP contribution is 2.29. The summed E-state index contributed by atoms with van der Waals surface area (Å²) in [6.45, 7) is 8.31. The van der Waals surface area contributed by atoms with Gasteiger partial charge in [-0.3, -0.25) is 4.79 Å². The second kappa shape index (κ2) is 5.65. The van der Waals surface area contributed by atoms with Crippen molar-refractivity contribution < 1.29 is 9.90 Å². The van der Waals surface area contributed by atoms with Crippen LogP contribution in [0.5, 0.6) is 0 Å². The summed E-state index contributed by atoms with van der Waals surface area (Å²) in [5.74, 6) is -0.0913. The number of hydrogen-bond acceptors (Lipinski definition) is 3. The molecule has 0 saturated heterocycles. The van der Waals surface area contributed by atoms with Crippen LogP contribution in [0.2, 0.25) is 0 Å². The molecule has 96 valence electrons. The Kier molecular flexibility index (Phi) is 4.71. The van der Waals surface area contributed by atoms with E-state index < -0.39 is 0 Å². The lowest BCUT2D eigenvalue weighted by atomic mass is 9.95. The zero-order valence-electron chi connectivity index (χ0n) is 10.9. The summed E-state index contributed by atoms with van der Waals surface area (Å²) in [6.07, 6.45) is 0.736. The zero-order valence-corrected chi connectivity index (χ0v) is 11.7. The smallest absolute Gasteiger partial charge is 0.261 e. The summed E-state index contributed by atoms with van der Waals surface area (Å²) in [6, 6.07) is 3.70. The molecule has 0 aromatic carbocycles. The van der Waals surface area contributed by atoms with E-state index in [1.165, 1.54) is 16.2 Å². The highest BCUT2D eigenvalue weighted by atomic mass is 32.1. The first-order valence-electron chi connectivity index (χ1n) is 5.90. The number of hydrogen-bond donors (Lipinski definition) is 2. The number of rotatable bonds is 4. The molecule has 0 saturated carbocycles. The van der Waals surface area contributed by atoms with Gasteiger partial charge in [-0.25, -0.2) is 0 Å². The molecule has 1 rings (SSSR count). The molecule has 0 aliphatic heterocycles. The highest BCUT2D eigenvalue weighted by molar-refractivity contribution is 7.14.